The number of amides is 1. The number of rotatable bonds is 4. The first kappa shape index (κ1) is 11.6. The highest BCUT2D eigenvalue weighted by atomic mass is 16.2. The average Bonchev–Trinajstić information content (AvgIpc) is 2.77. The Hall–Kier alpha value is -1.89. The fraction of sp³-hybridized carbons (Fsp3) is 0.462. The molecule has 1 fully saturated rings. The van der Waals surface area contributed by atoms with E-state index in [-0.39, 0.29) is 11.8 Å². The fourth-order valence-corrected chi connectivity index (χ4v) is 2.09. The van der Waals surface area contributed by atoms with Gasteiger partial charge in [0, 0.05) is 25.7 Å². The summed E-state index contributed by atoms with van der Waals surface area (Å²) in [7, 11) is 0. The molecule has 1 unspecified atom stereocenters. The predicted octanol–water partition coefficient (Wildman–Crippen LogP) is 1.70. The second-order valence-corrected chi connectivity index (χ2v) is 4.21. The van der Waals surface area contributed by atoms with Crippen LogP contribution in [0.1, 0.15) is 30.9 Å². The minimum absolute atomic E-state index is 0.211. The highest BCUT2D eigenvalue weighted by Gasteiger charge is 2.21. The van der Waals surface area contributed by atoms with Crippen molar-refractivity contribution >= 4 is 5.91 Å². The van der Waals surface area contributed by atoms with Crippen molar-refractivity contribution in [3.8, 4) is 6.07 Å². The summed E-state index contributed by atoms with van der Waals surface area (Å²) in [6.45, 7) is 1.49. The van der Waals surface area contributed by atoms with Crippen molar-refractivity contribution in [1.29, 1.82) is 5.26 Å². The highest BCUT2D eigenvalue weighted by Crippen LogP contribution is 2.18. The number of likely N-dealkylation sites (tertiary alicyclic amines) is 1. The van der Waals surface area contributed by atoms with E-state index < -0.39 is 0 Å². The van der Waals surface area contributed by atoms with Crippen molar-refractivity contribution < 1.29 is 4.79 Å². The van der Waals surface area contributed by atoms with E-state index in [0.29, 0.717) is 19.4 Å². The Labute approximate surface area is 101 Å². The van der Waals surface area contributed by atoms with E-state index in [1.807, 2.05) is 23.1 Å². The summed E-state index contributed by atoms with van der Waals surface area (Å²) in [4.78, 5) is 17.5. The third-order valence-corrected chi connectivity index (χ3v) is 3.06. The van der Waals surface area contributed by atoms with Crippen molar-refractivity contribution in [3.05, 3.63) is 30.1 Å². The van der Waals surface area contributed by atoms with Crippen molar-refractivity contribution in [3.63, 3.8) is 0 Å². The second-order valence-electron chi connectivity index (χ2n) is 4.21. The summed E-state index contributed by atoms with van der Waals surface area (Å²) in [6.07, 6.45) is 3.96. The Balaban J connectivity index is 1.93. The summed E-state index contributed by atoms with van der Waals surface area (Å²) in [5, 5.41) is 9.13. The lowest BCUT2D eigenvalue weighted by Gasteiger charge is -2.17. The van der Waals surface area contributed by atoms with Crippen LogP contribution in [0.5, 0.6) is 0 Å². The van der Waals surface area contributed by atoms with Crippen LogP contribution < -0.4 is 0 Å². The summed E-state index contributed by atoms with van der Waals surface area (Å²) in [5.41, 5.74) is 0.793. The maximum atomic E-state index is 11.4. The molecule has 0 saturated carbocycles. The molecule has 0 aromatic carbocycles. The van der Waals surface area contributed by atoms with Crippen LogP contribution in [0.3, 0.4) is 0 Å². The first-order valence-electron chi connectivity index (χ1n) is 5.89. The van der Waals surface area contributed by atoms with Crippen LogP contribution in [0.25, 0.3) is 0 Å². The summed E-state index contributed by atoms with van der Waals surface area (Å²) in [6, 6.07) is 7.84. The van der Waals surface area contributed by atoms with Crippen molar-refractivity contribution in [1.82, 2.24) is 9.88 Å². The van der Waals surface area contributed by atoms with Gasteiger partial charge in [0.25, 0.3) is 0 Å². The van der Waals surface area contributed by atoms with E-state index in [4.69, 9.17) is 5.26 Å². The van der Waals surface area contributed by atoms with Gasteiger partial charge in [0.2, 0.25) is 5.91 Å². The molecule has 0 spiro atoms. The molecule has 1 aromatic heterocycles. The van der Waals surface area contributed by atoms with Gasteiger partial charge in [-0.1, -0.05) is 6.07 Å². The first-order valence-corrected chi connectivity index (χ1v) is 5.89. The van der Waals surface area contributed by atoms with Gasteiger partial charge >= 0.3 is 0 Å². The topological polar surface area (TPSA) is 57.0 Å². The van der Waals surface area contributed by atoms with Crippen LogP contribution in [0, 0.1) is 11.3 Å². The van der Waals surface area contributed by atoms with Crippen LogP contribution >= 0.6 is 0 Å². The van der Waals surface area contributed by atoms with Crippen LogP contribution in [0.15, 0.2) is 24.4 Å². The molecule has 4 heteroatoms. The normalized spacial score (nSPS) is 16.9. The summed E-state index contributed by atoms with van der Waals surface area (Å²) in [5.74, 6) is -0.00712. The number of hydrogen-bond acceptors (Lipinski definition) is 3. The fourth-order valence-electron chi connectivity index (χ4n) is 2.09. The van der Waals surface area contributed by atoms with E-state index in [1.54, 1.807) is 6.20 Å². The zero-order valence-corrected chi connectivity index (χ0v) is 9.67. The molecule has 2 heterocycles. The molecular weight excluding hydrogens is 214 g/mol. The third kappa shape index (κ3) is 2.82. The van der Waals surface area contributed by atoms with E-state index in [9.17, 15) is 4.79 Å². The summed E-state index contributed by atoms with van der Waals surface area (Å²) >= 11 is 0. The first-order chi connectivity index (χ1) is 8.31. The van der Waals surface area contributed by atoms with Crippen LogP contribution in [0.2, 0.25) is 0 Å². The molecule has 1 atom stereocenters. The number of pyridine rings is 1. The van der Waals surface area contributed by atoms with Crippen molar-refractivity contribution in [2.45, 2.75) is 25.2 Å². The van der Waals surface area contributed by atoms with Crippen LogP contribution in [0.4, 0.5) is 0 Å². The Bertz CT molecular complexity index is 424. The Morgan fingerprint density at radius 3 is 3.00 bits per heavy atom. The van der Waals surface area contributed by atoms with Gasteiger partial charge in [0.05, 0.1) is 17.7 Å². The zero-order chi connectivity index (χ0) is 12.1. The number of carbonyl (C=O) groups excluding carboxylic acids is 1. The molecule has 17 heavy (non-hydrogen) atoms. The predicted molar refractivity (Wildman–Crippen MR) is 63.0 cm³/mol. The quantitative estimate of drug-likeness (QED) is 0.789. The smallest absolute Gasteiger partial charge is 0.222 e. The van der Waals surface area contributed by atoms with Gasteiger partial charge in [0.15, 0.2) is 0 Å². The Morgan fingerprint density at radius 1 is 1.53 bits per heavy atom. The van der Waals surface area contributed by atoms with Crippen molar-refractivity contribution in [2.75, 3.05) is 13.1 Å². The minimum Gasteiger partial charge on any atom is -0.343 e. The largest absolute Gasteiger partial charge is 0.343 e. The van der Waals surface area contributed by atoms with Gasteiger partial charge in [-0.05, 0) is 25.0 Å². The monoisotopic (exact) mass is 229 g/mol. The summed E-state index contributed by atoms with van der Waals surface area (Å²) < 4.78 is 0. The standard InChI is InChI=1S/C13H15N3O/c14-10-11(12-4-1-2-7-15-12)6-9-16-8-3-5-13(16)17/h1-2,4,7,11H,3,5-6,8-9H2. The zero-order valence-electron chi connectivity index (χ0n) is 9.67. The van der Waals surface area contributed by atoms with Gasteiger partial charge in [-0.3, -0.25) is 9.78 Å². The molecule has 0 N–H and O–H groups in total. The molecular formula is C13H15N3O. The lowest BCUT2D eigenvalue weighted by Crippen LogP contribution is -2.26. The van der Waals surface area contributed by atoms with Crippen molar-refractivity contribution in [2.24, 2.45) is 0 Å². The average molecular weight is 229 g/mol. The number of nitriles is 1. The number of nitrogens with zero attached hydrogens (tertiary/aromatic N) is 3. The van der Waals surface area contributed by atoms with Gasteiger partial charge < -0.3 is 4.90 Å². The Kier molecular flexibility index (Phi) is 3.71. The van der Waals surface area contributed by atoms with Gasteiger partial charge in [-0.2, -0.15) is 5.26 Å². The number of aromatic nitrogens is 1. The van der Waals surface area contributed by atoms with E-state index in [2.05, 4.69) is 11.1 Å². The van der Waals surface area contributed by atoms with E-state index in [1.165, 1.54) is 0 Å². The maximum absolute atomic E-state index is 11.4. The van der Waals surface area contributed by atoms with Gasteiger partial charge in [0.1, 0.15) is 0 Å². The molecule has 88 valence electrons. The lowest BCUT2D eigenvalue weighted by molar-refractivity contribution is -0.127. The number of carbonyl (C=O) groups is 1. The molecule has 0 radical (unpaired) electrons. The molecule has 0 bridgehead atoms. The van der Waals surface area contributed by atoms with Crippen LogP contribution in [-0.4, -0.2) is 28.9 Å². The van der Waals surface area contributed by atoms with Gasteiger partial charge in [-0.25, -0.2) is 0 Å². The van der Waals surface area contributed by atoms with Crippen LogP contribution in [-0.2, 0) is 4.79 Å². The van der Waals surface area contributed by atoms with E-state index in [0.717, 1.165) is 18.7 Å². The molecule has 2 rings (SSSR count). The molecule has 0 aliphatic carbocycles. The minimum atomic E-state index is -0.218. The molecule has 1 amide bonds. The maximum Gasteiger partial charge on any atom is 0.222 e. The Morgan fingerprint density at radius 2 is 2.41 bits per heavy atom. The second kappa shape index (κ2) is 5.44. The lowest BCUT2D eigenvalue weighted by atomic mass is 10.0. The molecule has 1 aliphatic rings. The SMILES string of the molecule is N#CC(CCN1CCCC1=O)c1ccccn1. The van der Waals surface area contributed by atoms with E-state index >= 15 is 0 Å². The van der Waals surface area contributed by atoms with Gasteiger partial charge in [-0.15, -0.1) is 0 Å². The highest BCUT2D eigenvalue weighted by molar-refractivity contribution is 5.78. The molecule has 1 aromatic rings. The molecule has 4 nitrogen and oxygen atoms in total. The molecule has 1 saturated heterocycles. The number of hydrogen-bond donors (Lipinski definition) is 0. The third-order valence-electron chi connectivity index (χ3n) is 3.06. The molecule has 1 aliphatic heterocycles.